The molecule has 0 fully saturated rings. The van der Waals surface area contributed by atoms with Crippen LogP contribution in [0.2, 0.25) is 0 Å². The van der Waals surface area contributed by atoms with Crippen molar-refractivity contribution in [1.29, 1.82) is 0 Å². The number of benzene rings is 2. The highest BCUT2D eigenvalue weighted by atomic mass is 16.6. The molecule has 1 amide bonds. The van der Waals surface area contributed by atoms with Crippen molar-refractivity contribution in [1.82, 2.24) is 5.32 Å². The molecule has 0 spiro atoms. The summed E-state index contributed by atoms with van der Waals surface area (Å²) in [7, 11) is 0. The van der Waals surface area contributed by atoms with Gasteiger partial charge < -0.3 is 20.3 Å². The first-order valence-corrected chi connectivity index (χ1v) is 10.0. The van der Waals surface area contributed by atoms with Crippen molar-refractivity contribution in [3.05, 3.63) is 71.8 Å². The van der Waals surface area contributed by atoms with E-state index in [2.05, 4.69) is 5.32 Å². The molecule has 31 heavy (non-hydrogen) atoms. The maximum Gasteiger partial charge on any atom is 0.408 e. The number of carboxylic acids is 2. The van der Waals surface area contributed by atoms with E-state index in [1.807, 2.05) is 0 Å². The Hall–Kier alpha value is -3.35. The minimum atomic E-state index is -1.64. The summed E-state index contributed by atoms with van der Waals surface area (Å²) in [6.07, 6.45) is -1.39. The Morgan fingerprint density at radius 1 is 0.935 bits per heavy atom. The molecule has 0 aliphatic carbocycles. The van der Waals surface area contributed by atoms with Gasteiger partial charge in [0.2, 0.25) is 0 Å². The number of carboxylic acid groups (broad SMARTS) is 2. The molecule has 0 saturated heterocycles. The number of rotatable bonds is 9. The van der Waals surface area contributed by atoms with E-state index in [1.54, 1.807) is 81.4 Å². The van der Waals surface area contributed by atoms with Gasteiger partial charge >= 0.3 is 18.0 Å². The maximum absolute atomic E-state index is 12.5. The first-order valence-electron chi connectivity index (χ1n) is 10.0. The number of ether oxygens (including phenoxy) is 1. The van der Waals surface area contributed by atoms with Gasteiger partial charge in [0.1, 0.15) is 5.60 Å². The van der Waals surface area contributed by atoms with E-state index in [0.29, 0.717) is 11.1 Å². The molecule has 7 heteroatoms. The molecule has 2 rings (SSSR count). The zero-order chi connectivity index (χ0) is 23.1. The zero-order valence-corrected chi connectivity index (χ0v) is 18.0. The lowest BCUT2D eigenvalue weighted by molar-refractivity contribution is -0.156. The Balaban J connectivity index is 2.43. The van der Waals surface area contributed by atoms with Gasteiger partial charge in [-0.05, 0) is 44.7 Å². The number of alkyl carbamates (subject to hydrolysis) is 1. The summed E-state index contributed by atoms with van der Waals surface area (Å²) in [5.41, 5.74) is -1.00. The van der Waals surface area contributed by atoms with E-state index >= 15 is 0 Å². The molecule has 0 saturated carbocycles. The molecule has 2 unspecified atom stereocenters. The Morgan fingerprint density at radius 2 is 1.48 bits per heavy atom. The number of aliphatic carboxylic acids is 2. The van der Waals surface area contributed by atoms with Gasteiger partial charge in [0, 0.05) is 0 Å². The smallest absolute Gasteiger partial charge is 0.408 e. The highest BCUT2D eigenvalue weighted by molar-refractivity contribution is 5.82. The van der Waals surface area contributed by atoms with E-state index in [9.17, 15) is 24.6 Å². The molecule has 0 radical (unpaired) electrons. The number of hydrogen-bond acceptors (Lipinski definition) is 4. The Bertz CT molecular complexity index is 891. The fourth-order valence-electron chi connectivity index (χ4n) is 3.50. The minimum absolute atomic E-state index is 0.00874. The molecule has 2 aromatic rings. The number of amides is 1. The molecule has 2 atom stereocenters. The quantitative estimate of drug-likeness (QED) is 0.546. The van der Waals surface area contributed by atoms with Crippen LogP contribution in [0.5, 0.6) is 0 Å². The molecule has 0 aromatic heterocycles. The van der Waals surface area contributed by atoms with Crippen LogP contribution in [-0.2, 0) is 20.7 Å². The van der Waals surface area contributed by atoms with Gasteiger partial charge in [0.25, 0.3) is 0 Å². The van der Waals surface area contributed by atoms with Gasteiger partial charge in [0.05, 0.1) is 17.9 Å². The second-order valence-corrected chi connectivity index (χ2v) is 8.63. The number of nitrogens with one attached hydrogen (secondary N) is 1. The molecule has 7 nitrogen and oxygen atoms in total. The SMILES string of the molecule is CC(C)(C)OC(=O)NC(CC(CC(=O)O)(Cc1ccccc1)C(=O)O)c1ccccc1. The van der Waals surface area contributed by atoms with E-state index in [0.717, 1.165) is 0 Å². The van der Waals surface area contributed by atoms with Crippen LogP contribution in [0.15, 0.2) is 60.7 Å². The lowest BCUT2D eigenvalue weighted by Crippen LogP contribution is -2.42. The Morgan fingerprint density at radius 3 is 1.97 bits per heavy atom. The summed E-state index contributed by atoms with van der Waals surface area (Å²) in [5.74, 6) is -2.45. The van der Waals surface area contributed by atoms with Crippen molar-refractivity contribution in [3.63, 3.8) is 0 Å². The maximum atomic E-state index is 12.5. The average Bonchev–Trinajstić information content (AvgIpc) is 2.66. The summed E-state index contributed by atoms with van der Waals surface area (Å²) in [4.78, 5) is 36.6. The third-order valence-corrected chi connectivity index (χ3v) is 4.82. The van der Waals surface area contributed by atoms with Crippen LogP contribution in [0.1, 0.15) is 50.8 Å². The van der Waals surface area contributed by atoms with Crippen molar-refractivity contribution in [2.75, 3.05) is 0 Å². The molecule has 0 heterocycles. The fraction of sp³-hybridized carbons (Fsp3) is 0.375. The normalized spacial score (nSPS) is 14.2. The lowest BCUT2D eigenvalue weighted by atomic mass is 9.73. The van der Waals surface area contributed by atoms with Crippen LogP contribution in [0.3, 0.4) is 0 Å². The highest BCUT2D eigenvalue weighted by Gasteiger charge is 2.43. The van der Waals surface area contributed by atoms with Gasteiger partial charge in [0.15, 0.2) is 0 Å². The molecule has 2 aromatic carbocycles. The van der Waals surface area contributed by atoms with Crippen LogP contribution in [0.25, 0.3) is 0 Å². The topological polar surface area (TPSA) is 113 Å². The van der Waals surface area contributed by atoms with E-state index in [-0.39, 0.29) is 12.8 Å². The minimum Gasteiger partial charge on any atom is -0.481 e. The molecule has 0 aliphatic rings. The van der Waals surface area contributed by atoms with Crippen LogP contribution < -0.4 is 5.32 Å². The van der Waals surface area contributed by atoms with Crippen molar-refractivity contribution >= 4 is 18.0 Å². The van der Waals surface area contributed by atoms with Crippen molar-refractivity contribution in [2.45, 2.75) is 51.7 Å². The van der Waals surface area contributed by atoms with E-state index < -0.39 is 41.5 Å². The monoisotopic (exact) mass is 427 g/mol. The van der Waals surface area contributed by atoms with Crippen molar-refractivity contribution in [3.8, 4) is 0 Å². The summed E-state index contributed by atoms with van der Waals surface area (Å²) in [6, 6.07) is 17.0. The summed E-state index contributed by atoms with van der Waals surface area (Å²) >= 11 is 0. The Kier molecular flexibility index (Phi) is 7.80. The largest absolute Gasteiger partial charge is 0.481 e. The number of carbonyl (C=O) groups is 3. The van der Waals surface area contributed by atoms with Gasteiger partial charge in [-0.1, -0.05) is 60.7 Å². The summed E-state index contributed by atoms with van der Waals surface area (Å²) in [5, 5.41) is 22.4. The standard InChI is InChI=1S/C24H29NO6/c1-23(2,3)31-22(30)25-19(18-12-8-5-9-13-18)15-24(21(28)29,16-20(26)27)14-17-10-6-4-7-11-17/h4-13,19H,14-16H2,1-3H3,(H,25,30)(H,26,27)(H,28,29). The van der Waals surface area contributed by atoms with Crippen molar-refractivity contribution in [2.24, 2.45) is 5.41 Å². The first-order chi connectivity index (χ1) is 14.5. The number of hydrogen-bond donors (Lipinski definition) is 3. The molecule has 3 N–H and O–H groups in total. The second-order valence-electron chi connectivity index (χ2n) is 8.63. The van der Waals surface area contributed by atoms with Crippen LogP contribution in [-0.4, -0.2) is 33.8 Å². The van der Waals surface area contributed by atoms with Gasteiger partial charge in [-0.2, -0.15) is 0 Å². The van der Waals surface area contributed by atoms with Crippen LogP contribution >= 0.6 is 0 Å². The van der Waals surface area contributed by atoms with Gasteiger partial charge in [-0.25, -0.2) is 4.79 Å². The molecule has 166 valence electrons. The molecular formula is C24H29NO6. The third kappa shape index (κ3) is 7.44. The molecule has 0 aliphatic heterocycles. The predicted molar refractivity (Wildman–Crippen MR) is 116 cm³/mol. The second kappa shape index (κ2) is 10.1. The lowest BCUT2D eigenvalue weighted by Gasteiger charge is -2.33. The first kappa shape index (κ1) is 23.9. The predicted octanol–water partition coefficient (Wildman–Crippen LogP) is 4.43. The van der Waals surface area contributed by atoms with Crippen LogP contribution in [0.4, 0.5) is 4.79 Å². The Labute approximate surface area is 182 Å². The van der Waals surface area contributed by atoms with E-state index in [1.165, 1.54) is 0 Å². The van der Waals surface area contributed by atoms with E-state index in [4.69, 9.17) is 4.74 Å². The third-order valence-electron chi connectivity index (χ3n) is 4.82. The van der Waals surface area contributed by atoms with Crippen LogP contribution in [0, 0.1) is 5.41 Å². The average molecular weight is 427 g/mol. The van der Waals surface area contributed by atoms with Crippen molar-refractivity contribution < 1.29 is 29.3 Å². The highest BCUT2D eigenvalue weighted by Crippen LogP contribution is 2.38. The molecule has 0 bridgehead atoms. The molecular weight excluding hydrogens is 398 g/mol. The van der Waals surface area contributed by atoms with Gasteiger partial charge in [-0.15, -0.1) is 0 Å². The fourth-order valence-corrected chi connectivity index (χ4v) is 3.50. The summed E-state index contributed by atoms with van der Waals surface area (Å²) < 4.78 is 5.35. The van der Waals surface area contributed by atoms with Gasteiger partial charge in [-0.3, -0.25) is 9.59 Å². The summed E-state index contributed by atoms with van der Waals surface area (Å²) in [6.45, 7) is 5.18. The zero-order valence-electron chi connectivity index (χ0n) is 18.0. The number of carbonyl (C=O) groups excluding carboxylic acids is 1.